The van der Waals surface area contributed by atoms with Crippen LogP contribution in [0, 0.1) is 6.92 Å². The molecular formula is C23H23N3O2. The first kappa shape index (κ1) is 19.3. The van der Waals surface area contributed by atoms with Crippen LogP contribution >= 0.6 is 0 Å². The van der Waals surface area contributed by atoms with Gasteiger partial charge in [-0.3, -0.25) is 14.6 Å². The zero-order chi connectivity index (χ0) is 20.1. The number of anilines is 3. The molecule has 0 spiro atoms. The molecule has 1 amide bonds. The summed E-state index contributed by atoms with van der Waals surface area (Å²) in [6, 6.07) is 18.7. The first-order valence-corrected chi connectivity index (χ1v) is 9.20. The number of carbonyl (C=O) groups is 2. The second-order valence-corrected chi connectivity index (χ2v) is 6.57. The quantitative estimate of drug-likeness (QED) is 0.618. The second-order valence-electron chi connectivity index (χ2n) is 6.57. The summed E-state index contributed by atoms with van der Waals surface area (Å²) in [6.07, 6.45) is 1.64. The lowest BCUT2D eigenvalue weighted by Gasteiger charge is -2.24. The number of hydrogen-bond donors (Lipinski definition) is 1. The van der Waals surface area contributed by atoms with Crippen LogP contribution in [0.1, 0.15) is 40.3 Å². The summed E-state index contributed by atoms with van der Waals surface area (Å²) >= 11 is 0. The normalized spacial score (nSPS) is 10.4. The first-order chi connectivity index (χ1) is 13.5. The van der Waals surface area contributed by atoms with E-state index in [0.717, 1.165) is 17.9 Å². The van der Waals surface area contributed by atoms with Crippen LogP contribution in [0.2, 0.25) is 0 Å². The van der Waals surface area contributed by atoms with Crippen LogP contribution < -0.4 is 10.2 Å². The maximum absolute atomic E-state index is 12.6. The largest absolute Gasteiger partial charge is 0.342 e. The highest BCUT2D eigenvalue weighted by atomic mass is 16.2. The van der Waals surface area contributed by atoms with Gasteiger partial charge in [-0.25, -0.2) is 0 Å². The van der Waals surface area contributed by atoms with E-state index >= 15 is 0 Å². The van der Waals surface area contributed by atoms with Crippen LogP contribution in [0.25, 0.3) is 0 Å². The van der Waals surface area contributed by atoms with Crippen molar-refractivity contribution >= 4 is 28.8 Å². The van der Waals surface area contributed by atoms with Gasteiger partial charge in [-0.05, 0) is 74.9 Å². The van der Waals surface area contributed by atoms with E-state index in [9.17, 15) is 9.59 Å². The molecule has 142 valence electrons. The molecule has 3 rings (SSSR count). The molecule has 28 heavy (non-hydrogen) atoms. The number of rotatable bonds is 6. The van der Waals surface area contributed by atoms with Gasteiger partial charge in [0, 0.05) is 35.4 Å². The molecule has 0 saturated carbocycles. The number of Topliss-reactive ketones (excluding diaryl/α,β-unsaturated/α-hetero) is 1. The van der Waals surface area contributed by atoms with Crippen molar-refractivity contribution in [3.8, 4) is 0 Å². The third kappa shape index (κ3) is 4.43. The van der Waals surface area contributed by atoms with E-state index in [-0.39, 0.29) is 11.7 Å². The van der Waals surface area contributed by atoms with Gasteiger partial charge in [0.1, 0.15) is 5.69 Å². The number of hydrogen-bond acceptors (Lipinski definition) is 4. The molecule has 1 heterocycles. The summed E-state index contributed by atoms with van der Waals surface area (Å²) in [7, 11) is 0. The van der Waals surface area contributed by atoms with Crippen molar-refractivity contribution in [2.24, 2.45) is 0 Å². The number of nitrogens with zero attached hydrogens (tertiary/aromatic N) is 2. The number of amides is 1. The fraction of sp³-hybridized carbons (Fsp3) is 0.174. The van der Waals surface area contributed by atoms with Gasteiger partial charge < -0.3 is 10.2 Å². The minimum absolute atomic E-state index is 0.0111. The molecule has 0 bridgehead atoms. The van der Waals surface area contributed by atoms with Crippen molar-refractivity contribution in [3.63, 3.8) is 0 Å². The van der Waals surface area contributed by atoms with Crippen LogP contribution in [0.5, 0.6) is 0 Å². The van der Waals surface area contributed by atoms with E-state index in [2.05, 4.69) is 41.2 Å². The molecule has 2 aromatic carbocycles. The number of aryl methyl sites for hydroxylation is 1. The Kier molecular flexibility index (Phi) is 5.84. The van der Waals surface area contributed by atoms with E-state index in [1.807, 2.05) is 18.2 Å². The highest BCUT2D eigenvalue weighted by molar-refractivity contribution is 6.03. The van der Waals surface area contributed by atoms with Crippen molar-refractivity contribution in [2.75, 3.05) is 16.8 Å². The second kappa shape index (κ2) is 8.48. The maximum atomic E-state index is 12.6. The van der Waals surface area contributed by atoms with E-state index in [0.29, 0.717) is 16.9 Å². The molecule has 0 radical (unpaired) electrons. The van der Waals surface area contributed by atoms with Crippen molar-refractivity contribution in [1.82, 2.24) is 4.98 Å². The number of aromatic nitrogens is 1. The van der Waals surface area contributed by atoms with Gasteiger partial charge >= 0.3 is 0 Å². The fourth-order valence-electron chi connectivity index (χ4n) is 3.00. The monoisotopic (exact) mass is 373 g/mol. The molecule has 3 aromatic rings. The van der Waals surface area contributed by atoms with Gasteiger partial charge in [0.15, 0.2) is 5.78 Å². The van der Waals surface area contributed by atoms with E-state index in [4.69, 9.17) is 0 Å². The summed E-state index contributed by atoms with van der Waals surface area (Å²) in [4.78, 5) is 30.3. The molecule has 0 saturated heterocycles. The van der Waals surface area contributed by atoms with Gasteiger partial charge in [0.25, 0.3) is 5.91 Å². The van der Waals surface area contributed by atoms with Crippen LogP contribution in [0.15, 0.2) is 66.9 Å². The molecule has 5 nitrogen and oxygen atoms in total. The van der Waals surface area contributed by atoms with Crippen LogP contribution in [0.4, 0.5) is 17.1 Å². The summed E-state index contributed by atoms with van der Waals surface area (Å²) in [5.41, 5.74) is 4.71. The number of benzene rings is 2. The Balaban J connectivity index is 1.81. The zero-order valence-corrected chi connectivity index (χ0v) is 16.3. The van der Waals surface area contributed by atoms with Crippen LogP contribution in [0.3, 0.4) is 0 Å². The molecule has 1 N–H and O–H groups in total. The zero-order valence-electron chi connectivity index (χ0n) is 16.3. The van der Waals surface area contributed by atoms with Gasteiger partial charge in [-0.15, -0.1) is 0 Å². The van der Waals surface area contributed by atoms with E-state index < -0.39 is 0 Å². The lowest BCUT2D eigenvalue weighted by atomic mass is 10.1. The summed E-state index contributed by atoms with van der Waals surface area (Å²) in [5, 5.41) is 2.83. The molecule has 0 atom stereocenters. The number of pyridine rings is 1. The third-order valence-corrected chi connectivity index (χ3v) is 4.47. The van der Waals surface area contributed by atoms with Gasteiger partial charge in [-0.2, -0.15) is 0 Å². The molecule has 0 fully saturated rings. The maximum Gasteiger partial charge on any atom is 0.274 e. The molecule has 0 unspecified atom stereocenters. The Labute approximate surface area is 165 Å². The van der Waals surface area contributed by atoms with Crippen molar-refractivity contribution in [2.45, 2.75) is 20.8 Å². The molecule has 1 aromatic heterocycles. The summed E-state index contributed by atoms with van der Waals surface area (Å²) in [6.45, 7) is 6.40. The number of nitrogens with one attached hydrogen (secondary N) is 1. The minimum atomic E-state index is -0.294. The summed E-state index contributed by atoms with van der Waals surface area (Å²) < 4.78 is 0. The molecule has 0 aliphatic heterocycles. The predicted octanol–water partition coefficient (Wildman–Crippen LogP) is 5.00. The standard InChI is InChI=1S/C23H23N3O2/c1-4-26(20-7-5-6-16(2)14-20)21-12-13-24-22(15-21)23(28)25-19-10-8-18(9-11-19)17(3)27/h5-15H,4H2,1-3H3,(H,25,28). The Bertz CT molecular complexity index is 997. The topological polar surface area (TPSA) is 62.3 Å². The Hall–Kier alpha value is -3.47. The number of carbonyl (C=O) groups excluding carboxylic acids is 2. The third-order valence-electron chi connectivity index (χ3n) is 4.47. The van der Waals surface area contributed by atoms with Crippen molar-refractivity contribution in [3.05, 3.63) is 83.7 Å². The van der Waals surface area contributed by atoms with Gasteiger partial charge in [0.2, 0.25) is 0 Å². The average molecular weight is 373 g/mol. The average Bonchev–Trinajstić information content (AvgIpc) is 2.69. The molecule has 0 aliphatic carbocycles. The van der Waals surface area contributed by atoms with Crippen molar-refractivity contribution < 1.29 is 9.59 Å². The Morgan fingerprint density at radius 3 is 2.36 bits per heavy atom. The smallest absolute Gasteiger partial charge is 0.274 e. The van der Waals surface area contributed by atoms with E-state index in [1.165, 1.54) is 12.5 Å². The number of ketones is 1. The fourth-order valence-corrected chi connectivity index (χ4v) is 3.00. The first-order valence-electron chi connectivity index (χ1n) is 9.20. The molecular weight excluding hydrogens is 350 g/mol. The van der Waals surface area contributed by atoms with Gasteiger partial charge in [0.05, 0.1) is 0 Å². The SMILES string of the molecule is CCN(c1cccc(C)c1)c1ccnc(C(=O)Nc2ccc(C(C)=O)cc2)c1. The lowest BCUT2D eigenvalue weighted by Crippen LogP contribution is -2.18. The predicted molar refractivity (Wildman–Crippen MR) is 112 cm³/mol. The molecule has 5 heteroatoms. The Morgan fingerprint density at radius 1 is 1.00 bits per heavy atom. The summed E-state index contributed by atoms with van der Waals surface area (Å²) in [5.74, 6) is -0.305. The Morgan fingerprint density at radius 2 is 1.71 bits per heavy atom. The van der Waals surface area contributed by atoms with Crippen LogP contribution in [-0.2, 0) is 0 Å². The van der Waals surface area contributed by atoms with E-state index in [1.54, 1.807) is 36.5 Å². The minimum Gasteiger partial charge on any atom is -0.342 e. The van der Waals surface area contributed by atoms with Gasteiger partial charge in [-0.1, -0.05) is 12.1 Å². The lowest BCUT2D eigenvalue weighted by molar-refractivity contribution is 0.101. The highest BCUT2D eigenvalue weighted by Gasteiger charge is 2.13. The molecule has 0 aliphatic rings. The van der Waals surface area contributed by atoms with Crippen molar-refractivity contribution in [1.29, 1.82) is 0 Å². The highest BCUT2D eigenvalue weighted by Crippen LogP contribution is 2.26. The van der Waals surface area contributed by atoms with Crippen LogP contribution in [-0.4, -0.2) is 23.2 Å².